The fourth-order valence-electron chi connectivity index (χ4n) is 1.91. The lowest BCUT2D eigenvalue weighted by Gasteiger charge is -2.11. The maximum Gasteiger partial charge on any atom is 0.0559 e. The Morgan fingerprint density at radius 3 is 2.59 bits per heavy atom. The van der Waals surface area contributed by atoms with E-state index >= 15 is 0 Å². The molecule has 0 spiro atoms. The molecule has 0 atom stereocenters. The predicted octanol–water partition coefficient (Wildman–Crippen LogP) is 3.56. The molecule has 1 N–H and O–H groups in total. The zero-order valence-corrected chi connectivity index (χ0v) is 10.4. The van der Waals surface area contributed by atoms with Crippen LogP contribution in [-0.4, -0.2) is 4.98 Å². The topological polar surface area (TPSA) is 24.9 Å². The van der Waals surface area contributed by atoms with Crippen molar-refractivity contribution in [1.82, 2.24) is 4.98 Å². The van der Waals surface area contributed by atoms with Gasteiger partial charge < -0.3 is 5.32 Å². The lowest BCUT2D eigenvalue weighted by molar-refractivity contribution is 1.04. The fourth-order valence-corrected chi connectivity index (χ4v) is 1.91. The van der Waals surface area contributed by atoms with Gasteiger partial charge in [-0.1, -0.05) is 31.2 Å². The van der Waals surface area contributed by atoms with E-state index in [4.69, 9.17) is 0 Å². The number of nitrogens with zero attached hydrogens (tertiary/aromatic N) is 1. The maximum atomic E-state index is 4.14. The molecule has 0 aliphatic carbocycles. The normalized spacial score (nSPS) is 10.2. The van der Waals surface area contributed by atoms with Crippen LogP contribution in [0.1, 0.15) is 23.6 Å². The zero-order valence-electron chi connectivity index (χ0n) is 10.4. The lowest BCUT2D eigenvalue weighted by atomic mass is 10.1. The third kappa shape index (κ3) is 2.84. The van der Waals surface area contributed by atoms with Gasteiger partial charge in [0.25, 0.3) is 0 Å². The Kier molecular flexibility index (Phi) is 3.76. The SMILES string of the molecule is CCc1ccccc1CNc1cnccc1C. The van der Waals surface area contributed by atoms with Gasteiger partial charge in [-0.15, -0.1) is 0 Å². The van der Waals surface area contributed by atoms with Crippen molar-refractivity contribution in [2.24, 2.45) is 0 Å². The highest BCUT2D eigenvalue weighted by Gasteiger charge is 2.01. The molecule has 0 amide bonds. The van der Waals surface area contributed by atoms with Crippen LogP contribution >= 0.6 is 0 Å². The van der Waals surface area contributed by atoms with Gasteiger partial charge in [-0.25, -0.2) is 0 Å². The molecule has 2 heteroatoms. The van der Waals surface area contributed by atoms with Crippen molar-refractivity contribution in [3.05, 3.63) is 59.4 Å². The summed E-state index contributed by atoms with van der Waals surface area (Å²) in [4.78, 5) is 4.14. The Hall–Kier alpha value is -1.83. The monoisotopic (exact) mass is 226 g/mol. The number of anilines is 1. The summed E-state index contributed by atoms with van der Waals surface area (Å²) in [5.41, 5.74) is 5.10. The Bertz CT molecular complexity index is 492. The average Bonchev–Trinajstić information content (AvgIpc) is 2.38. The third-order valence-electron chi connectivity index (χ3n) is 3.01. The first-order valence-electron chi connectivity index (χ1n) is 6.02. The number of aryl methyl sites for hydroxylation is 2. The summed E-state index contributed by atoms with van der Waals surface area (Å²) in [7, 11) is 0. The molecule has 2 nitrogen and oxygen atoms in total. The molecule has 2 rings (SSSR count). The third-order valence-corrected chi connectivity index (χ3v) is 3.01. The molecule has 0 unspecified atom stereocenters. The van der Waals surface area contributed by atoms with Gasteiger partial charge in [-0.2, -0.15) is 0 Å². The Morgan fingerprint density at radius 2 is 1.88 bits per heavy atom. The minimum absolute atomic E-state index is 0.858. The molecule has 0 radical (unpaired) electrons. The van der Waals surface area contributed by atoms with Crippen LogP contribution in [-0.2, 0) is 13.0 Å². The van der Waals surface area contributed by atoms with E-state index in [0.29, 0.717) is 0 Å². The van der Waals surface area contributed by atoms with Gasteiger partial charge in [0.1, 0.15) is 0 Å². The predicted molar refractivity (Wildman–Crippen MR) is 72.1 cm³/mol. The van der Waals surface area contributed by atoms with Crippen LogP contribution < -0.4 is 5.32 Å². The first-order chi connectivity index (χ1) is 8.31. The number of hydrogen-bond acceptors (Lipinski definition) is 2. The minimum Gasteiger partial charge on any atom is -0.379 e. The summed E-state index contributed by atoms with van der Waals surface area (Å²) in [6.45, 7) is 5.14. The van der Waals surface area contributed by atoms with Gasteiger partial charge in [0.2, 0.25) is 0 Å². The standard InChI is InChI=1S/C15H18N2/c1-3-13-6-4-5-7-14(13)10-17-15-11-16-9-8-12(15)2/h4-9,11,17H,3,10H2,1-2H3. The quantitative estimate of drug-likeness (QED) is 0.862. The summed E-state index contributed by atoms with van der Waals surface area (Å²) >= 11 is 0. The number of benzene rings is 1. The lowest BCUT2D eigenvalue weighted by Crippen LogP contribution is -2.03. The Labute approximate surface area is 103 Å². The first-order valence-corrected chi connectivity index (χ1v) is 6.02. The summed E-state index contributed by atoms with van der Waals surface area (Å²) < 4.78 is 0. The second-order valence-corrected chi connectivity index (χ2v) is 4.17. The number of aromatic nitrogens is 1. The van der Waals surface area contributed by atoms with Crippen LogP contribution in [0.2, 0.25) is 0 Å². The number of rotatable bonds is 4. The van der Waals surface area contributed by atoms with Crippen molar-refractivity contribution in [2.75, 3.05) is 5.32 Å². The van der Waals surface area contributed by atoms with E-state index in [-0.39, 0.29) is 0 Å². The van der Waals surface area contributed by atoms with Crippen LogP contribution in [0.3, 0.4) is 0 Å². The van der Waals surface area contributed by atoms with Crippen molar-refractivity contribution < 1.29 is 0 Å². The van der Waals surface area contributed by atoms with Crippen molar-refractivity contribution >= 4 is 5.69 Å². The van der Waals surface area contributed by atoms with Gasteiger partial charge >= 0.3 is 0 Å². The second kappa shape index (κ2) is 5.48. The second-order valence-electron chi connectivity index (χ2n) is 4.17. The van der Waals surface area contributed by atoms with Crippen LogP contribution in [0, 0.1) is 6.92 Å². The maximum absolute atomic E-state index is 4.14. The van der Waals surface area contributed by atoms with E-state index in [0.717, 1.165) is 18.7 Å². The molecule has 1 aromatic heterocycles. The number of pyridine rings is 1. The van der Waals surface area contributed by atoms with Gasteiger partial charge in [-0.05, 0) is 36.1 Å². The number of nitrogens with one attached hydrogen (secondary N) is 1. The summed E-state index contributed by atoms with van der Waals surface area (Å²) in [5.74, 6) is 0. The van der Waals surface area contributed by atoms with E-state index in [9.17, 15) is 0 Å². The van der Waals surface area contributed by atoms with Crippen molar-refractivity contribution in [3.8, 4) is 0 Å². The van der Waals surface area contributed by atoms with Crippen LogP contribution in [0.4, 0.5) is 5.69 Å². The molecular formula is C15H18N2. The van der Waals surface area contributed by atoms with Crippen molar-refractivity contribution in [1.29, 1.82) is 0 Å². The van der Waals surface area contributed by atoms with E-state index in [1.807, 2.05) is 18.5 Å². The fraction of sp³-hybridized carbons (Fsp3) is 0.267. The Balaban J connectivity index is 2.10. The summed E-state index contributed by atoms with van der Waals surface area (Å²) in [6, 6.07) is 10.6. The molecule has 1 heterocycles. The molecule has 0 aliphatic heterocycles. The highest BCUT2D eigenvalue weighted by Crippen LogP contribution is 2.15. The molecule has 0 saturated heterocycles. The van der Waals surface area contributed by atoms with E-state index in [1.165, 1.54) is 16.7 Å². The van der Waals surface area contributed by atoms with Crippen LogP contribution in [0.5, 0.6) is 0 Å². The number of hydrogen-bond donors (Lipinski definition) is 1. The van der Waals surface area contributed by atoms with E-state index < -0.39 is 0 Å². The largest absolute Gasteiger partial charge is 0.379 e. The first kappa shape index (κ1) is 11.6. The average molecular weight is 226 g/mol. The molecular weight excluding hydrogens is 208 g/mol. The Morgan fingerprint density at radius 1 is 1.12 bits per heavy atom. The van der Waals surface area contributed by atoms with Crippen molar-refractivity contribution in [3.63, 3.8) is 0 Å². The summed E-state index contributed by atoms with van der Waals surface area (Å²) in [5, 5.41) is 3.44. The molecule has 88 valence electrons. The summed E-state index contributed by atoms with van der Waals surface area (Å²) in [6.07, 6.45) is 4.77. The molecule has 0 fully saturated rings. The molecule has 0 bridgehead atoms. The smallest absolute Gasteiger partial charge is 0.0559 e. The van der Waals surface area contributed by atoms with E-state index in [1.54, 1.807) is 0 Å². The molecule has 17 heavy (non-hydrogen) atoms. The van der Waals surface area contributed by atoms with E-state index in [2.05, 4.69) is 48.4 Å². The van der Waals surface area contributed by atoms with Gasteiger partial charge in [0.05, 0.1) is 11.9 Å². The molecule has 2 aromatic rings. The van der Waals surface area contributed by atoms with Gasteiger partial charge in [-0.3, -0.25) is 4.98 Å². The molecule has 1 aromatic carbocycles. The van der Waals surface area contributed by atoms with Crippen LogP contribution in [0.15, 0.2) is 42.7 Å². The highest BCUT2D eigenvalue weighted by molar-refractivity contribution is 5.48. The zero-order chi connectivity index (χ0) is 12.1. The van der Waals surface area contributed by atoms with Crippen LogP contribution in [0.25, 0.3) is 0 Å². The van der Waals surface area contributed by atoms with Gasteiger partial charge in [0.15, 0.2) is 0 Å². The highest BCUT2D eigenvalue weighted by atomic mass is 14.9. The van der Waals surface area contributed by atoms with Crippen molar-refractivity contribution in [2.45, 2.75) is 26.8 Å². The minimum atomic E-state index is 0.858. The van der Waals surface area contributed by atoms with Gasteiger partial charge in [0, 0.05) is 12.7 Å². The molecule has 0 saturated carbocycles. The molecule has 0 aliphatic rings.